The highest BCUT2D eigenvalue weighted by atomic mass is 19.4. The first-order valence-corrected chi connectivity index (χ1v) is 31.8. The van der Waals surface area contributed by atoms with Gasteiger partial charge in [0.2, 0.25) is 0 Å². The minimum absolute atomic E-state index is 0.0703. The summed E-state index contributed by atoms with van der Waals surface area (Å²) in [4.78, 5) is 97.6. The molecule has 0 aromatic carbocycles. The van der Waals surface area contributed by atoms with Gasteiger partial charge in [0.1, 0.15) is 97.6 Å². The van der Waals surface area contributed by atoms with Crippen molar-refractivity contribution in [2.75, 3.05) is 0 Å². The van der Waals surface area contributed by atoms with E-state index in [2.05, 4.69) is 59.8 Å². The standard InChI is InChI=1S/C20H16F3N3O2.C19H13F4N3O2.2C19H16FN3O2/c1-12-3-4-14(24-10-12)8-18(27)17-9-16(7-13(2)26-17)28-15-5-6-19(25-11-15)20(21,22)23;1-11-6-15(28-14-2-3-18(25-10-14)19(21,22)23)9-16(26-11)17(27)8-13-7-12(20)4-5-24-13;1-12-3-4-15(22-9-12)7-19(24)18-8-16(5-13(2)23-18)25-17-6-14(20)10-21-11-17;1-12-4-3-5-15(22-12)8-19(24)18-9-16(6-13(2)23-18)25-17-7-14(20)10-21-11-17/h3-7,9-11H,8H2,1-2H3;2-7,9-10H,8H2,1H3;3-6,8-11H,7H2,1-2H3;3-7,9-11H,8H2,1-2H3. The number of hydrogen-bond acceptors (Lipinski definition) is 20. The number of halogens is 9. The number of carbonyl (C=O) groups excluding carboxylic acids is 4. The number of nitrogens with zero attached hydrogens (tertiary/aromatic N) is 12. The number of aryl methyl sites for hydroxylation is 7. The third kappa shape index (κ3) is 24.1. The molecule has 0 aliphatic rings. The Balaban J connectivity index is 0.000000164. The molecular weight excluding hydrogens is 1390 g/mol. The number of ketones is 4. The summed E-state index contributed by atoms with van der Waals surface area (Å²) in [5.41, 5.74) is 6.14. The predicted octanol–water partition coefficient (Wildman–Crippen LogP) is 17.0. The van der Waals surface area contributed by atoms with Crippen LogP contribution in [0.25, 0.3) is 0 Å². The van der Waals surface area contributed by atoms with Gasteiger partial charge in [-0.05, 0) is 120 Å². The van der Waals surface area contributed by atoms with Gasteiger partial charge in [-0.1, -0.05) is 18.2 Å². The zero-order valence-electron chi connectivity index (χ0n) is 57.3. The normalized spacial score (nSPS) is 10.9. The van der Waals surface area contributed by atoms with Crippen molar-refractivity contribution >= 4 is 23.1 Å². The number of pyridine rings is 12. The van der Waals surface area contributed by atoms with E-state index in [9.17, 15) is 58.7 Å². The molecule has 12 aromatic heterocycles. The Hall–Kier alpha value is -13.0. The Labute approximate surface area is 600 Å². The predicted molar refractivity (Wildman–Crippen MR) is 366 cm³/mol. The summed E-state index contributed by atoms with van der Waals surface area (Å²) in [5, 5.41) is 0. The van der Waals surface area contributed by atoms with Crippen molar-refractivity contribution in [1.29, 1.82) is 0 Å². The van der Waals surface area contributed by atoms with Crippen molar-refractivity contribution in [3.05, 3.63) is 309 Å². The van der Waals surface area contributed by atoms with Gasteiger partial charge in [0, 0.05) is 125 Å². The molecule has 29 heteroatoms. The number of ether oxygens (including phenoxy) is 4. The van der Waals surface area contributed by atoms with E-state index in [1.165, 1.54) is 73.2 Å². The summed E-state index contributed by atoms with van der Waals surface area (Å²) in [5.74, 6) is -0.461. The summed E-state index contributed by atoms with van der Waals surface area (Å²) in [7, 11) is 0. The van der Waals surface area contributed by atoms with Crippen molar-refractivity contribution in [2.45, 2.75) is 86.5 Å². The van der Waals surface area contributed by atoms with Crippen molar-refractivity contribution in [3.63, 3.8) is 0 Å². The molecule has 12 aromatic rings. The first-order chi connectivity index (χ1) is 50.4. The molecule has 0 atom stereocenters. The molecule has 20 nitrogen and oxygen atoms in total. The van der Waals surface area contributed by atoms with Crippen molar-refractivity contribution in [2.24, 2.45) is 0 Å². The van der Waals surface area contributed by atoms with Gasteiger partial charge in [-0.25, -0.2) is 43.1 Å². The lowest BCUT2D eigenvalue weighted by Crippen LogP contribution is -2.09. The van der Waals surface area contributed by atoms with Crippen LogP contribution in [0.4, 0.5) is 39.5 Å². The molecule has 0 aliphatic carbocycles. The molecule has 0 saturated carbocycles. The molecular formula is C77H61F9N12O8. The fourth-order valence-electron chi connectivity index (χ4n) is 9.48. The summed E-state index contributed by atoms with van der Waals surface area (Å²) in [6.07, 6.45) is 2.73. The molecule has 540 valence electrons. The van der Waals surface area contributed by atoms with Crippen LogP contribution in [0.1, 0.15) is 116 Å². The molecule has 0 radical (unpaired) electrons. The molecule has 0 saturated heterocycles. The lowest BCUT2D eigenvalue weighted by atomic mass is 10.1. The number of rotatable bonds is 20. The van der Waals surface area contributed by atoms with E-state index in [-0.39, 0.29) is 106 Å². The Morgan fingerprint density at radius 3 is 1.02 bits per heavy atom. The minimum Gasteiger partial charge on any atom is -0.456 e. The zero-order valence-corrected chi connectivity index (χ0v) is 57.3. The van der Waals surface area contributed by atoms with Crippen LogP contribution in [-0.4, -0.2) is 82.9 Å². The highest BCUT2D eigenvalue weighted by Gasteiger charge is 2.33. The highest BCUT2D eigenvalue weighted by Crippen LogP contribution is 2.33. The number of hydrogen-bond donors (Lipinski definition) is 0. The number of aromatic nitrogens is 12. The van der Waals surface area contributed by atoms with Gasteiger partial charge in [0.05, 0.1) is 68.6 Å². The van der Waals surface area contributed by atoms with Crippen LogP contribution in [0, 0.1) is 65.9 Å². The monoisotopic (exact) mass is 1450 g/mol. The van der Waals surface area contributed by atoms with E-state index in [1.54, 1.807) is 70.4 Å². The van der Waals surface area contributed by atoms with Crippen LogP contribution >= 0.6 is 0 Å². The van der Waals surface area contributed by atoms with Crippen molar-refractivity contribution < 1.29 is 77.6 Å². The average molecular weight is 1450 g/mol. The quantitative estimate of drug-likeness (QED) is 0.0507. The Morgan fingerprint density at radius 2 is 0.689 bits per heavy atom. The molecule has 0 unspecified atom stereocenters. The minimum atomic E-state index is -4.55. The van der Waals surface area contributed by atoms with Crippen LogP contribution in [0.15, 0.2) is 195 Å². The average Bonchev–Trinajstić information content (AvgIpc) is 0.847. The lowest BCUT2D eigenvalue weighted by Gasteiger charge is -2.10. The fourth-order valence-corrected chi connectivity index (χ4v) is 9.48. The highest BCUT2D eigenvalue weighted by molar-refractivity contribution is 5.97. The van der Waals surface area contributed by atoms with Crippen molar-refractivity contribution in [1.82, 2.24) is 59.8 Å². The third-order valence-electron chi connectivity index (χ3n) is 14.2. The summed E-state index contributed by atoms with van der Waals surface area (Å²) in [6, 6.07) is 33.9. The fraction of sp³-hybridized carbons (Fsp3) is 0.169. The summed E-state index contributed by atoms with van der Waals surface area (Å²) in [6.45, 7) is 12.6. The van der Waals surface area contributed by atoms with Crippen LogP contribution in [0.3, 0.4) is 0 Å². The van der Waals surface area contributed by atoms with Crippen LogP contribution in [0.5, 0.6) is 46.0 Å². The summed E-state index contributed by atoms with van der Waals surface area (Å²) < 4.78 is 137. The SMILES string of the molecule is Cc1cc(Oc2ccc(C(F)(F)F)nc2)cc(C(=O)Cc2cc(F)ccn2)n1.Cc1ccc(CC(=O)c2cc(Oc3ccc(C(F)(F)F)nc3)cc(C)n2)nc1.Cc1ccc(CC(=O)c2cc(Oc3cncc(F)c3)cc(C)n2)nc1.Cc1cccc(CC(=O)c2cc(Oc3cncc(F)c3)cc(C)n2)n1. The molecule has 0 N–H and O–H groups in total. The van der Waals surface area contributed by atoms with Gasteiger partial charge >= 0.3 is 12.4 Å². The van der Waals surface area contributed by atoms with Gasteiger partial charge < -0.3 is 18.9 Å². The van der Waals surface area contributed by atoms with Crippen molar-refractivity contribution in [3.8, 4) is 46.0 Å². The molecule has 0 amide bonds. The van der Waals surface area contributed by atoms with E-state index in [0.717, 1.165) is 65.9 Å². The second kappa shape index (κ2) is 35.3. The molecule has 0 fully saturated rings. The molecule has 0 aliphatic heterocycles. The third-order valence-corrected chi connectivity index (χ3v) is 14.2. The maximum Gasteiger partial charge on any atom is 0.433 e. The van der Waals surface area contributed by atoms with E-state index < -0.39 is 47.0 Å². The Bertz CT molecular complexity index is 5100. The van der Waals surface area contributed by atoms with Crippen LogP contribution < -0.4 is 18.9 Å². The van der Waals surface area contributed by atoms with Crippen LogP contribution in [0.2, 0.25) is 0 Å². The Kier molecular flexibility index (Phi) is 25.7. The second-order valence-electron chi connectivity index (χ2n) is 23.4. The molecule has 12 heterocycles. The smallest absolute Gasteiger partial charge is 0.433 e. The van der Waals surface area contributed by atoms with Crippen LogP contribution in [-0.2, 0) is 38.0 Å². The number of Topliss-reactive ketones (excluding diaryl/α,β-unsaturated/α-hetero) is 4. The number of carbonyl (C=O) groups is 4. The van der Waals surface area contributed by atoms with Gasteiger partial charge in [-0.2, -0.15) is 26.3 Å². The largest absolute Gasteiger partial charge is 0.456 e. The van der Waals surface area contributed by atoms with Gasteiger partial charge in [0.25, 0.3) is 0 Å². The molecule has 0 bridgehead atoms. The molecule has 106 heavy (non-hydrogen) atoms. The van der Waals surface area contributed by atoms with E-state index >= 15 is 0 Å². The van der Waals surface area contributed by atoms with E-state index in [0.29, 0.717) is 51.4 Å². The molecule has 12 rings (SSSR count). The Morgan fingerprint density at radius 1 is 0.311 bits per heavy atom. The van der Waals surface area contributed by atoms with Gasteiger partial charge in [-0.3, -0.25) is 49.1 Å². The number of alkyl halides is 6. The van der Waals surface area contributed by atoms with Gasteiger partial charge in [0.15, 0.2) is 23.1 Å². The maximum atomic E-state index is 13.2. The lowest BCUT2D eigenvalue weighted by molar-refractivity contribution is -0.142. The maximum absolute atomic E-state index is 13.2. The first-order valence-electron chi connectivity index (χ1n) is 31.8. The molecule has 0 spiro atoms. The van der Waals surface area contributed by atoms with E-state index in [1.807, 2.05) is 51.1 Å². The second-order valence-corrected chi connectivity index (χ2v) is 23.4. The zero-order chi connectivity index (χ0) is 76.2. The summed E-state index contributed by atoms with van der Waals surface area (Å²) >= 11 is 0. The van der Waals surface area contributed by atoms with E-state index in [4.69, 9.17) is 18.9 Å². The first kappa shape index (κ1) is 77.2. The van der Waals surface area contributed by atoms with Gasteiger partial charge in [-0.15, -0.1) is 0 Å². The topological polar surface area (TPSA) is 260 Å².